The summed E-state index contributed by atoms with van der Waals surface area (Å²) in [5.41, 5.74) is 0. The molecule has 0 radical (unpaired) electrons. The third kappa shape index (κ3) is 11.1. The summed E-state index contributed by atoms with van der Waals surface area (Å²) in [6, 6.07) is 0. The van der Waals surface area contributed by atoms with Crippen LogP contribution in [0.3, 0.4) is 0 Å². The van der Waals surface area contributed by atoms with Crippen molar-refractivity contribution in [1.29, 1.82) is 0 Å². The fourth-order valence-electron chi connectivity index (χ4n) is 4.41. The monoisotopic (exact) mass is 460 g/mol. The molecule has 2 heteroatoms. The van der Waals surface area contributed by atoms with E-state index in [0.29, 0.717) is 0 Å². The Balaban J connectivity index is 5.28. The molecule has 0 saturated carbocycles. The molecule has 0 heterocycles. The van der Waals surface area contributed by atoms with E-state index >= 15 is 0 Å². The Kier molecular flexibility index (Phi) is 17.0. The molecule has 2 atom stereocenters. The zero-order chi connectivity index (χ0) is 19.0. The van der Waals surface area contributed by atoms with Gasteiger partial charge < -0.3 is 0 Å². The summed E-state index contributed by atoms with van der Waals surface area (Å²) in [4.78, 5) is 0. The van der Waals surface area contributed by atoms with Gasteiger partial charge in [-0.3, -0.25) is 0 Å². The van der Waals surface area contributed by atoms with Crippen molar-refractivity contribution in [3.8, 4) is 0 Å². The van der Waals surface area contributed by atoms with Crippen LogP contribution >= 0.6 is 0 Å². The molecule has 0 aromatic carbocycles. The Morgan fingerprint density at radius 3 is 1.64 bits per heavy atom. The first-order valence-corrected chi connectivity index (χ1v) is 19.4. The Hall–Kier alpha value is 0.499. The molecule has 1 nitrogen and oxygen atoms in total. The first kappa shape index (κ1) is 25.5. The van der Waals surface area contributed by atoms with Crippen LogP contribution in [0.15, 0.2) is 12.7 Å². The van der Waals surface area contributed by atoms with Crippen molar-refractivity contribution in [2.45, 2.75) is 116 Å². The molecule has 0 aromatic rings. The molecule has 0 N–H and O–H groups in total. The van der Waals surface area contributed by atoms with Gasteiger partial charge in [-0.25, -0.2) is 0 Å². The van der Waals surface area contributed by atoms with Crippen molar-refractivity contribution >= 4 is 18.4 Å². The standard InChI is InChI=1S/C11H21O.3C4H9.Sn/c1-5-7-8-9-10(3)11(6-2)12-4;3*1-3-4-2;/h6,10-11H,2-3,5,7-9H2,1,4H3;3*1,3-4H2,2H3;/t10-,11+;;;;/m1..../s1. The zero-order valence-electron chi connectivity index (χ0n) is 18.2. The molecule has 0 amide bonds. The van der Waals surface area contributed by atoms with Crippen molar-refractivity contribution in [1.82, 2.24) is 0 Å². The second-order valence-electron chi connectivity index (χ2n) is 8.21. The molecule has 0 bridgehead atoms. The van der Waals surface area contributed by atoms with Crippen LogP contribution in [0.1, 0.15) is 91.9 Å². The molecule has 150 valence electrons. The predicted molar refractivity (Wildman–Crippen MR) is 118 cm³/mol. The predicted octanol–water partition coefficient (Wildman–Crippen LogP) is 8.23. The van der Waals surface area contributed by atoms with Gasteiger partial charge in [-0.1, -0.05) is 0 Å². The minimum absolute atomic E-state index is 0.276. The molecule has 0 spiro atoms. The number of methoxy groups -OCH3 is 1. The minimum atomic E-state index is -2.09. The third-order valence-electron chi connectivity index (χ3n) is 6.02. The summed E-state index contributed by atoms with van der Waals surface area (Å²) in [5, 5.41) is 0. The Morgan fingerprint density at radius 2 is 1.28 bits per heavy atom. The molecule has 0 aromatic heterocycles. The maximum absolute atomic E-state index is 5.87. The second kappa shape index (κ2) is 16.7. The molecular formula is C23H48OSn. The molecule has 0 aliphatic carbocycles. The number of hydrogen-bond acceptors (Lipinski definition) is 1. The topological polar surface area (TPSA) is 9.23 Å². The van der Waals surface area contributed by atoms with E-state index in [-0.39, 0.29) is 6.10 Å². The molecule has 0 fully saturated rings. The van der Waals surface area contributed by atoms with Gasteiger partial charge in [0.1, 0.15) is 0 Å². The molecular weight excluding hydrogens is 411 g/mol. The van der Waals surface area contributed by atoms with Gasteiger partial charge in [-0.05, 0) is 0 Å². The molecule has 0 saturated heterocycles. The van der Waals surface area contributed by atoms with Gasteiger partial charge in [-0.2, -0.15) is 0 Å². The summed E-state index contributed by atoms with van der Waals surface area (Å²) in [5.74, 6) is 0.732. The molecule has 25 heavy (non-hydrogen) atoms. The van der Waals surface area contributed by atoms with Crippen LogP contribution in [-0.2, 0) is 4.74 Å². The number of unbranched alkanes of at least 4 members (excludes halogenated alkanes) is 5. The molecule has 0 aliphatic rings. The molecule has 0 aliphatic heterocycles. The molecule has 0 rings (SSSR count). The summed E-state index contributed by atoms with van der Waals surface area (Å²) in [7, 11) is 1.89. The van der Waals surface area contributed by atoms with E-state index in [2.05, 4.69) is 40.3 Å². The van der Waals surface area contributed by atoms with Crippen LogP contribution in [0.5, 0.6) is 0 Å². The Bertz CT molecular complexity index is 281. The average Bonchev–Trinajstić information content (AvgIpc) is 2.63. The van der Waals surface area contributed by atoms with Gasteiger partial charge in [0.15, 0.2) is 0 Å². The van der Waals surface area contributed by atoms with Crippen molar-refractivity contribution in [3.63, 3.8) is 0 Å². The van der Waals surface area contributed by atoms with E-state index in [1.807, 2.05) is 7.11 Å². The Labute approximate surface area is 164 Å². The maximum atomic E-state index is 5.87. The SMILES string of the molecule is C=C[C@H](OC)[C@@H](CCCCC)[CH2][Sn]([CH2]CCC)([CH2]CCC)[CH2]CCC. The van der Waals surface area contributed by atoms with Crippen LogP contribution in [-0.4, -0.2) is 31.6 Å². The van der Waals surface area contributed by atoms with Gasteiger partial charge in [0.25, 0.3) is 0 Å². The van der Waals surface area contributed by atoms with Gasteiger partial charge >= 0.3 is 165 Å². The van der Waals surface area contributed by atoms with Crippen molar-refractivity contribution in [2.24, 2.45) is 5.92 Å². The fourth-order valence-corrected chi connectivity index (χ4v) is 22.2. The van der Waals surface area contributed by atoms with Crippen LogP contribution in [0.25, 0.3) is 0 Å². The summed E-state index contributed by atoms with van der Waals surface area (Å²) in [6.45, 7) is 13.5. The first-order chi connectivity index (χ1) is 12.1. The average molecular weight is 459 g/mol. The van der Waals surface area contributed by atoms with Gasteiger partial charge in [-0.15, -0.1) is 0 Å². The third-order valence-corrected chi connectivity index (χ3v) is 22.1. The number of ether oxygens (including phenoxy) is 1. The van der Waals surface area contributed by atoms with E-state index in [9.17, 15) is 0 Å². The zero-order valence-corrected chi connectivity index (χ0v) is 21.1. The van der Waals surface area contributed by atoms with E-state index in [1.165, 1.54) is 64.2 Å². The van der Waals surface area contributed by atoms with Gasteiger partial charge in [0, 0.05) is 0 Å². The normalized spacial score (nSPS) is 14.4. The summed E-state index contributed by atoms with van der Waals surface area (Å²) >= 11 is -2.09. The first-order valence-electron chi connectivity index (χ1n) is 11.3. The van der Waals surface area contributed by atoms with E-state index in [1.54, 1.807) is 17.7 Å². The van der Waals surface area contributed by atoms with Crippen LogP contribution in [0.4, 0.5) is 0 Å². The quantitative estimate of drug-likeness (QED) is 0.114. The van der Waals surface area contributed by atoms with E-state index in [4.69, 9.17) is 4.74 Å². The van der Waals surface area contributed by atoms with Crippen LogP contribution in [0.2, 0.25) is 17.7 Å². The Morgan fingerprint density at radius 1 is 0.800 bits per heavy atom. The van der Waals surface area contributed by atoms with E-state index in [0.717, 1.165) is 5.92 Å². The van der Waals surface area contributed by atoms with Gasteiger partial charge in [0.05, 0.1) is 0 Å². The van der Waals surface area contributed by atoms with Gasteiger partial charge in [0.2, 0.25) is 0 Å². The van der Waals surface area contributed by atoms with Crippen LogP contribution in [0, 0.1) is 5.92 Å². The van der Waals surface area contributed by atoms with E-state index < -0.39 is 18.4 Å². The van der Waals surface area contributed by atoms with Crippen molar-refractivity contribution < 1.29 is 4.74 Å². The summed E-state index contributed by atoms with van der Waals surface area (Å²) < 4.78 is 12.3. The van der Waals surface area contributed by atoms with Crippen molar-refractivity contribution in [2.75, 3.05) is 7.11 Å². The number of hydrogen-bond donors (Lipinski definition) is 0. The second-order valence-corrected chi connectivity index (χ2v) is 22.2. The number of rotatable bonds is 18. The molecule has 0 unspecified atom stereocenters. The van der Waals surface area contributed by atoms with Crippen LogP contribution < -0.4 is 0 Å². The fraction of sp³-hybridized carbons (Fsp3) is 0.913. The van der Waals surface area contributed by atoms with Crippen molar-refractivity contribution in [3.05, 3.63) is 12.7 Å². The summed E-state index contributed by atoms with van der Waals surface area (Å²) in [6.07, 6.45) is 16.3.